The lowest BCUT2D eigenvalue weighted by Crippen LogP contribution is -2.28. The maximum absolute atomic E-state index is 11.9. The number of rotatable bonds is 5. The lowest BCUT2D eigenvalue weighted by molar-refractivity contribution is -0.123. The molecule has 0 saturated heterocycles. The fraction of sp³-hybridized carbons (Fsp3) is 0.222. The van der Waals surface area contributed by atoms with Gasteiger partial charge in [0.1, 0.15) is 5.82 Å². The van der Waals surface area contributed by atoms with Crippen molar-refractivity contribution in [3.8, 4) is 11.5 Å². The second kappa shape index (κ2) is 6.62. The van der Waals surface area contributed by atoms with Crippen LogP contribution < -0.4 is 10.1 Å². The first kappa shape index (κ1) is 15.9. The number of hydrogen-bond donors (Lipinski definition) is 3. The number of hydrogen-bond acceptors (Lipinski definition) is 4. The van der Waals surface area contributed by atoms with E-state index < -0.39 is 0 Å². The molecule has 3 N–H and O–H groups in total. The van der Waals surface area contributed by atoms with Crippen molar-refractivity contribution in [2.45, 2.75) is 20.4 Å². The third kappa shape index (κ3) is 3.32. The number of H-pyrrole nitrogens is 1. The van der Waals surface area contributed by atoms with Gasteiger partial charge in [-0.15, -0.1) is 0 Å². The van der Waals surface area contributed by atoms with Crippen LogP contribution in [0.25, 0.3) is 11.0 Å². The molecule has 1 amide bonds. The number of nitrogens with zero attached hydrogens (tertiary/aromatic N) is 1. The van der Waals surface area contributed by atoms with Crippen LogP contribution in [-0.4, -0.2) is 27.6 Å². The van der Waals surface area contributed by atoms with Gasteiger partial charge in [0.05, 0.1) is 17.6 Å². The molecule has 0 aliphatic rings. The van der Waals surface area contributed by atoms with Crippen molar-refractivity contribution in [2.24, 2.45) is 0 Å². The molecule has 124 valence electrons. The quantitative estimate of drug-likeness (QED) is 0.673. The molecule has 0 spiro atoms. The standard InChI is InChI=1S/C18H19N3O3/c1-11-7-8-13-18(12(11)2)21-16(20-13)9-19-17(23)10-24-15-6-4-3-5-14(15)22/h3-8,22H,9-10H2,1-2H3,(H,19,23)(H,20,21). The van der Waals surface area contributed by atoms with Crippen LogP contribution in [0.5, 0.6) is 11.5 Å². The Morgan fingerprint density at radius 2 is 2.04 bits per heavy atom. The molecule has 3 rings (SSSR count). The molecule has 0 fully saturated rings. The SMILES string of the molecule is Cc1ccc2[nH]c(CNC(=O)COc3ccccc3O)nc2c1C. The minimum atomic E-state index is -0.286. The average Bonchev–Trinajstić information content (AvgIpc) is 3.00. The lowest BCUT2D eigenvalue weighted by atomic mass is 10.1. The molecule has 2 aromatic carbocycles. The first-order valence-corrected chi connectivity index (χ1v) is 7.67. The Morgan fingerprint density at radius 1 is 1.25 bits per heavy atom. The first-order chi connectivity index (χ1) is 11.5. The number of fused-ring (bicyclic) bond motifs is 1. The first-order valence-electron chi connectivity index (χ1n) is 7.67. The zero-order valence-electron chi connectivity index (χ0n) is 13.6. The smallest absolute Gasteiger partial charge is 0.258 e. The number of imidazole rings is 1. The van der Waals surface area contributed by atoms with Crippen LogP contribution in [-0.2, 0) is 11.3 Å². The van der Waals surface area contributed by atoms with Crippen molar-refractivity contribution in [2.75, 3.05) is 6.61 Å². The molecule has 0 saturated carbocycles. The molecule has 0 unspecified atom stereocenters. The van der Waals surface area contributed by atoms with Gasteiger partial charge in [-0.1, -0.05) is 18.2 Å². The number of benzene rings is 2. The number of carbonyl (C=O) groups is 1. The van der Waals surface area contributed by atoms with E-state index in [1.54, 1.807) is 18.2 Å². The Balaban J connectivity index is 1.58. The highest BCUT2D eigenvalue weighted by Crippen LogP contribution is 2.24. The summed E-state index contributed by atoms with van der Waals surface area (Å²) >= 11 is 0. The number of phenolic OH excluding ortho intramolecular Hbond substituents is 1. The summed E-state index contributed by atoms with van der Waals surface area (Å²) < 4.78 is 5.29. The second-order valence-electron chi connectivity index (χ2n) is 5.62. The molecule has 24 heavy (non-hydrogen) atoms. The van der Waals surface area contributed by atoms with Crippen molar-refractivity contribution in [1.82, 2.24) is 15.3 Å². The van der Waals surface area contributed by atoms with Crippen molar-refractivity contribution in [1.29, 1.82) is 0 Å². The van der Waals surface area contributed by atoms with Gasteiger partial charge < -0.3 is 20.1 Å². The summed E-state index contributed by atoms with van der Waals surface area (Å²) in [4.78, 5) is 19.6. The van der Waals surface area contributed by atoms with E-state index in [0.717, 1.165) is 16.6 Å². The van der Waals surface area contributed by atoms with E-state index in [9.17, 15) is 9.90 Å². The molecule has 0 atom stereocenters. The highest BCUT2D eigenvalue weighted by atomic mass is 16.5. The number of phenols is 1. The Morgan fingerprint density at radius 3 is 2.83 bits per heavy atom. The number of ether oxygens (including phenoxy) is 1. The molecule has 0 aliphatic heterocycles. The summed E-state index contributed by atoms with van der Waals surface area (Å²) in [5.41, 5.74) is 4.18. The molecular weight excluding hydrogens is 306 g/mol. The van der Waals surface area contributed by atoms with Gasteiger partial charge in [-0.05, 0) is 43.2 Å². The monoisotopic (exact) mass is 325 g/mol. The van der Waals surface area contributed by atoms with Gasteiger partial charge in [-0.3, -0.25) is 4.79 Å². The number of aryl methyl sites for hydroxylation is 2. The van der Waals surface area contributed by atoms with E-state index in [1.165, 1.54) is 11.6 Å². The minimum absolute atomic E-state index is 0.00780. The molecule has 1 heterocycles. The van der Waals surface area contributed by atoms with E-state index in [2.05, 4.69) is 15.3 Å². The van der Waals surface area contributed by atoms with Gasteiger partial charge in [0.25, 0.3) is 5.91 Å². The lowest BCUT2D eigenvalue weighted by Gasteiger charge is -2.07. The van der Waals surface area contributed by atoms with Gasteiger partial charge >= 0.3 is 0 Å². The van der Waals surface area contributed by atoms with E-state index in [4.69, 9.17) is 4.74 Å². The van der Waals surface area contributed by atoms with Gasteiger partial charge in [0, 0.05) is 0 Å². The predicted octanol–water partition coefficient (Wildman–Crippen LogP) is 2.58. The largest absolute Gasteiger partial charge is 0.504 e. The average molecular weight is 325 g/mol. The molecule has 0 radical (unpaired) electrons. The van der Waals surface area contributed by atoms with Gasteiger partial charge in [0.15, 0.2) is 18.1 Å². The number of aromatic hydroxyl groups is 1. The zero-order valence-corrected chi connectivity index (χ0v) is 13.6. The topological polar surface area (TPSA) is 87.2 Å². The van der Waals surface area contributed by atoms with Crippen LogP contribution in [0.15, 0.2) is 36.4 Å². The molecule has 3 aromatic rings. The summed E-state index contributed by atoms with van der Waals surface area (Å²) in [6, 6.07) is 10.5. The molecule has 0 aliphatic carbocycles. The number of aromatic nitrogens is 2. The van der Waals surface area contributed by atoms with Crippen LogP contribution in [0.3, 0.4) is 0 Å². The van der Waals surface area contributed by atoms with E-state index >= 15 is 0 Å². The summed E-state index contributed by atoms with van der Waals surface area (Å²) in [5, 5.41) is 12.3. The number of carbonyl (C=O) groups excluding carboxylic acids is 1. The van der Waals surface area contributed by atoms with Gasteiger partial charge in [-0.2, -0.15) is 0 Å². The summed E-state index contributed by atoms with van der Waals surface area (Å²) in [6.45, 7) is 4.19. The molecule has 1 aromatic heterocycles. The van der Waals surface area contributed by atoms with Crippen LogP contribution in [0.1, 0.15) is 17.0 Å². The van der Waals surface area contributed by atoms with Crippen LogP contribution >= 0.6 is 0 Å². The Hall–Kier alpha value is -3.02. The maximum Gasteiger partial charge on any atom is 0.258 e. The van der Waals surface area contributed by atoms with Crippen molar-refractivity contribution in [3.05, 3.63) is 53.3 Å². The summed E-state index contributed by atoms with van der Waals surface area (Å²) in [5.74, 6) is 0.692. The Kier molecular flexibility index (Phi) is 4.37. The highest BCUT2D eigenvalue weighted by Gasteiger charge is 2.09. The van der Waals surface area contributed by atoms with E-state index in [-0.39, 0.29) is 30.6 Å². The van der Waals surface area contributed by atoms with Gasteiger partial charge in [0.2, 0.25) is 0 Å². The van der Waals surface area contributed by atoms with Crippen LogP contribution in [0, 0.1) is 13.8 Å². The third-order valence-corrected chi connectivity index (χ3v) is 3.90. The van der Waals surface area contributed by atoms with E-state index in [0.29, 0.717) is 5.82 Å². The molecule has 6 nitrogen and oxygen atoms in total. The summed E-state index contributed by atoms with van der Waals surface area (Å²) in [7, 11) is 0. The molecular formula is C18H19N3O3. The molecule has 6 heteroatoms. The number of para-hydroxylation sites is 2. The number of amides is 1. The third-order valence-electron chi connectivity index (χ3n) is 3.90. The van der Waals surface area contributed by atoms with Crippen molar-refractivity contribution < 1.29 is 14.6 Å². The minimum Gasteiger partial charge on any atom is -0.504 e. The predicted molar refractivity (Wildman–Crippen MR) is 91.0 cm³/mol. The molecule has 0 bridgehead atoms. The normalized spacial score (nSPS) is 10.8. The van der Waals surface area contributed by atoms with E-state index in [1.807, 2.05) is 26.0 Å². The Labute approximate surface area is 139 Å². The maximum atomic E-state index is 11.9. The second-order valence-corrected chi connectivity index (χ2v) is 5.62. The highest BCUT2D eigenvalue weighted by molar-refractivity contribution is 5.80. The van der Waals surface area contributed by atoms with Crippen molar-refractivity contribution >= 4 is 16.9 Å². The van der Waals surface area contributed by atoms with Crippen molar-refractivity contribution in [3.63, 3.8) is 0 Å². The Bertz CT molecular complexity index is 886. The fourth-order valence-electron chi connectivity index (χ4n) is 2.40. The van der Waals surface area contributed by atoms with Crippen LogP contribution in [0.2, 0.25) is 0 Å². The summed E-state index contributed by atoms with van der Waals surface area (Å²) in [6.07, 6.45) is 0. The number of aromatic amines is 1. The fourth-order valence-corrected chi connectivity index (χ4v) is 2.40. The zero-order chi connectivity index (χ0) is 17.1. The van der Waals surface area contributed by atoms with Crippen LogP contribution in [0.4, 0.5) is 0 Å². The number of nitrogens with one attached hydrogen (secondary N) is 2. The van der Waals surface area contributed by atoms with Gasteiger partial charge in [-0.25, -0.2) is 4.98 Å².